The van der Waals surface area contributed by atoms with E-state index in [-0.39, 0.29) is 5.91 Å². The minimum atomic E-state index is -0.0758. The van der Waals surface area contributed by atoms with Gasteiger partial charge in [0, 0.05) is 24.8 Å². The summed E-state index contributed by atoms with van der Waals surface area (Å²) >= 11 is 0. The van der Waals surface area contributed by atoms with Crippen LogP contribution in [0.5, 0.6) is 5.75 Å². The minimum absolute atomic E-state index is 0.0758. The molecule has 128 valence electrons. The first-order valence-electron chi connectivity index (χ1n) is 8.24. The molecular formula is C18H19N5O2. The van der Waals surface area contributed by atoms with Gasteiger partial charge in [-0.1, -0.05) is 18.2 Å². The first-order valence-corrected chi connectivity index (χ1v) is 8.24. The Morgan fingerprint density at radius 2 is 2.16 bits per heavy atom. The van der Waals surface area contributed by atoms with E-state index in [1.165, 1.54) is 0 Å². The van der Waals surface area contributed by atoms with E-state index in [0.29, 0.717) is 43.4 Å². The maximum atomic E-state index is 12.5. The quantitative estimate of drug-likeness (QED) is 0.790. The molecule has 0 saturated heterocycles. The fourth-order valence-electron chi connectivity index (χ4n) is 3.02. The van der Waals surface area contributed by atoms with Crippen LogP contribution < -0.4 is 10.1 Å². The van der Waals surface area contributed by atoms with Crippen LogP contribution in [0.25, 0.3) is 5.65 Å². The molecule has 0 bridgehead atoms. The highest BCUT2D eigenvalue weighted by atomic mass is 16.5. The average Bonchev–Trinajstić information content (AvgIpc) is 2.85. The first kappa shape index (κ1) is 15.6. The molecule has 0 fully saturated rings. The Labute approximate surface area is 145 Å². The number of carbonyl (C=O) groups excluding carboxylic acids is 1. The molecule has 1 N–H and O–H groups in total. The van der Waals surface area contributed by atoms with Gasteiger partial charge < -0.3 is 10.1 Å². The Morgan fingerprint density at radius 3 is 3.08 bits per heavy atom. The Hall–Kier alpha value is -2.93. The van der Waals surface area contributed by atoms with Gasteiger partial charge in [0.05, 0.1) is 12.2 Å². The number of anilines is 1. The van der Waals surface area contributed by atoms with Crippen molar-refractivity contribution in [3.63, 3.8) is 0 Å². The molecule has 7 nitrogen and oxygen atoms in total. The maximum Gasteiger partial charge on any atom is 0.238 e. The second-order valence-electron chi connectivity index (χ2n) is 6.06. The van der Waals surface area contributed by atoms with E-state index in [9.17, 15) is 4.79 Å². The molecule has 2 aromatic heterocycles. The number of amides is 1. The molecule has 1 aromatic carbocycles. The molecule has 25 heavy (non-hydrogen) atoms. The van der Waals surface area contributed by atoms with E-state index >= 15 is 0 Å². The summed E-state index contributed by atoms with van der Waals surface area (Å²) in [4.78, 5) is 18.9. The zero-order chi connectivity index (χ0) is 17.2. The van der Waals surface area contributed by atoms with Gasteiger partial charge in [0.1, 0.15) is 18.2 Å². The lowest BCUT2D eigenvalue weighted by Gasteiger charge is -2.18. The van der Waals surface area contributed by atoms with Gasteiger partial charge in [-0.3, -0.25) is 9.69 Å². The number of fused-ring (bicyclic) bond motifs is 2. The number of ether oxygens (including phenoxy) is 1. The lowest BCUT2D eigenvalue weighted by Crippen LogP contribution is -2.34. The largest absolute Gasteiger partial charge is 0.492 e. The second-order valence-corrected chi connectivity index (χ2v) is 6.06. The molecule has 1 amide bonds. The van der Waals surface area contributed by atoms with Crippen molar-refractivity contribution >= 4 is 17.2 Å². The lowest BCUT2D eigenvalue weighted by atomic mass is 10.2. The van der Waals surface area contributed by atoms with Crippen molar-refractivity contribution in [1.29, 1.82) is 0 Å². The van der Waals surface area contributed by atoms with Gasteiger partial charge in [-0.25, -0.2) is 9.50 Å². The van der Waals surface area contributed by atoms with Crippen molar-refractivity contribution in [3.05, 3.63) is 54.0 Å². The fraction of sp³-hybridized carbons (Fsp3) is 0.278. The molecular weight excluding hydrogens is 318 g/mol. The molecule has 0 aliphatic carbocycles. The summed E-state index contributed by atoms with van der Waals surface area (Å²) in [6.07, 6.45) is 1.81. The van der Waals surface area contributed by atoms with E-state index in [4.69, 9.17) is 4.74 Å². The summed E-state index contributed by atoms with van der Waals surface area (Å²) in [7, 11) is 0. The molecule has 1 aliphatic heterocycles. The third-order valence-electron chi connectivity index (χ3n) is 4.14. The maximum absolute atomic E-state index is 12.5. The number of nitrogens with one attached hydrogen (secondary N) is 1. The minimum Gasteiger partial charge on any atom is -0.492 e. The number of benzene rings is 1. The highest BCUT2D eigenvalue weighted by molar-refractivity contribution is 5.95. The van der Waals surface area contributed by atoms with E-state index < -0.39 is 0 Å². The number of para-hydroxylation sites is 1. The van der Waals surface area contributed by atoms with Crippen LogP contribution in [0.1, 0.15) is 11.4 Å². The Morgan fingerprint density at radius 1 is 1.28 bits per heavy atom. The molecule has 0 saturated carbocycles. The third kappa shape index (κ3) is 3.32. The second kappa shape index (κ2) is 6.52. The average molecular weight is 337 g/mol. The number of rotatable bonds is 3. The number of aryl methyl sites for hydroxylation is 1. The summed E-state index contributed by atoms with van der Waals surface area (Å²) in [6, 6.07) is 11.6. The smallest absolute Gasteiger partial charge is 0.238 e. The molecule has 3 aromatic rings. The van der Waals surface area contributed by atoms with E-state index in [1.807, 2.05) is 49.5 Å². The van der Waals surface area contributed by atoms with Gasteiger partial charge in [0.2, 0.25) is 5.91 Å². The van der Waals surface area contributed by atoms with Crippen LogP contribution in [0.4, 0.5) is 5.69 Å². The number of hydrogen-bond acceptors (Lipinski definition) is 5. The van der Waals surface area contributed by atoms with E-state index in [0.717, 1.165) is 11.3 Å². The normalized spacial score (nSPS) is 14.6. The summed E-state index contributed by atoms with van der Waals surface area (Å²) in [5.41, 5.74) is 2.42. The third-order valence-corrected chi connectivity index (χ3v) is 4.14. The van der Waals surface area contributed by atoms with Crippen LogP contribution in [0, 0.1) is 6.92 Å². The predicted molar refractivity (Wildman–Crippen MR) is 93.6 cm³/mol. The predicted octanol–water partition coefficient (Wildman–Crippen LogP) is 1.87. The van der Waals surface area contributed by atoms with Crippen molar-refractivity contribution in [2.75, 3.05) is 25.0 Å². The number of carbonyl (C=O) groups is 1. The molecule has 0 radical (unpaired) electrons. The Bertz CT molecular complexity index is 921. The Kier molecular flexibility index (Phi) is 4.07. The van der Waals surface area contributed by atoms with Gasteiger partial charge in [0.15, 0.2) is 5.65 Å². The fourth-order valence-corrected chi connectivity index (χ4v) is 3.02. The topological polar surface area (TPSA) is 71.8 Å². The molecule has 0 atom stereocenters. The van der Waals surface area contributed by atoms with Crippen LogP contribution in [0.15, 0.2) is 42.6 Å². The molecule has 1 aliphatic rings. The molecule has 3 heterocycles. The summed E-state index contributed by atoms with van der Waals surface area (Å²) < 4.78 is 7.41. The zero-order valence-corrected chi connectivity index (χ0v) is 14.0. The van der Waals surface area contributed by atoms with Crippen LogP contribution in [0.3, 0.4) is 0 Å². The van der Waals surface area contributed by atoms with Crippen molar-refractivity contribution in [2.24, 2.45) is 0 Å². The zero-order valence-electron chi connectivity index (χ0n) is 14.0. The SMILES string of the molecule is Cc1nc2c(NC(=O)CN3CCOc4ccccc4C3)cccn2n1. The Balaban J connectivity index is 1.47. The van der Waals surface area contributed by atoms with Crippen molar-refractivity contribution in [2.45, 2.75) is 13.5 Å². The highest BCUT2D eigenvalue weighted by Gasteiger charge is 2.18. The van der Waals surface area contributed by atoms with E-state index in [1.54, 1.807) is 4.52 Å². The lowest BCUT2D eigenvalue weighted by molar-refractivity contribution is -0.117. The van der Waals surface area contributed by atoms with Crippen molar-refractivity contribution in [1.82, 2.24) is 19.5 Å². The number of hydrogen-bond donors (Lipinski definition) is 1. The molecule has 0 spiro atoms. The summed E-state index contributed by atoms with van der Waals surface area (Å²) in [6.45, 7) is 4.09. The van der Waals surface area contributed by atoms with Crippen LogP contribution in [-0.4, -0.2) is 45.1 Å². The standard InChI is InChI=1S/C18H19N5O2/c1-13-19-18-15(6-4-8-23(18)21-13)20-17(24)12-22-9-10-25-16-7-3-2-5-14(16)11-22/h2-8H,9-12H2,1H3,(H,20,24). The molecule has 4 rings (SSSR count). The monoisotopic (exact) mass is 337 g/mol. The number of nitrogens with zero attached hydrogens (tertiary/aromatic N) is 4. The van der Waals surface area contributed by atoms with Gasteiger partial charge in [-0.05, 0) is 25.1 Å². The first-order chi connectivity index (χ1) is 12.2. The van der Waals surface area contributed by atoms with Gasteiger partial charge in [0.25, 0.3) is 0 Å². The van der Waals surface area contributed by atoms with Gasteiger partial charge >= 0.3 is 0 Å². The van der Waals surface area contributed by atoms with E-state index in [2.05, 4.69) is 20.3 Å². The van der Waals surface area contributed by atoms with Gasteiger partial charge in [-0.2, -0.15) is 5.10 Å². The van der Waals surface area contributed by atoms with Crippen LogP contribution >= 0.6 is 0 Å². The number of aromatic nitrogens is 3. The molecule has 7 heteroatoms. The van der Waals surface area contributed by atoms with Crippen molar-refractivity contribution in [3.8, 4) is 5.75 Å². The highest BCUT2D eigenvalue weighted by Crippen LogP contribution is 2.22. The van der Waals surface area contributed by atoms with Crippen LogP contribution in [-0.2, 0) is 11.3 Å². The van der Waals surface area contributed by atoms with Crippen LogP contribution in [0.2, 0.25) is 0 Å². The van der Waals surface area contributed by atoms with Gasteiger partial charge in [-0.15, -0.1) is 0 Å². The summed E-state index contributed by atoms with van der Waals surface area (Å²) in [5.74, 6) is 1.49. The molecule has 0 unspecified atom stereocenters. The van der Waals surface area contributed by atoms with Crippen molar-refractivity contribution < 1.29 is 9.53 Å². The number of pyridine rings is 1. The summed E-state index contributed by atoms with van der Waals surface area (Å²) in [5, 5.41) is 7.21.